The second-order valence-electron chi connectivity index (χ2n) is 4.65. The van der Waals surface area contributed by atoms with Gasteiger partial charge in [-0.1, -0.05) is 6.07 Å². The quantitative estimate of drug-likeness (QED) is 0.835. The Balaban J connectivity index is 2.77. The summed E-state index contributed by atoms with van der Waals surface area (Å²) < 4.78 is 18.4. The monoisotopic (exact) mass is 240 g/mol. The molecule has 0 heterocycles. The number of rotatable bonds is 2. The van der Waals surface area contributed by atoms with Crippen molar-refractivity contribution in [3.05, 3.63) is 29.6 Å². The highest BCUT2D eigenvalue weighted by atomic mass is 19.1. The van der Waals surface area contributed by atoms with E-state index in [9.17, 15) is 9.18 Å². The van der Waals surface area contributed by atoms with Crippen LogP contribution in [0.15, 0.2) is 18.2 Å². The maximum absolute atomic E-state index is 13.4. The minimum atomic E-state index is -0.689. The van der Waals surface area contributed by atoms with Gasteiger partial charge in [0.1, 0.15) is 11.4 Å². The van der Waals surface area contributed by atoms with Crippen LogP contribution in [0.1, 0.15) is 26.3 Å². The van der Waals surface area contributed by atoms with Gasteiger partial charge in [0.15, 0.2) is 0 Å². The molecule has 1 rings (SSSR count). The highest BCUT2D eigenvalue weighted by Crippen LogP contribution is 2.17. The third-order valence-corrected chi connectivity index (χ3v) is 1.90. The number of anilines is 1. The Hall–Kier alpha value is -1.62. The van der Waals surface area contributed by atoms with Crippen LogP contribution in [0.2, 0.25) is 0 Å². The van der Waals surface area contributed by atoms with Crippen molar-refractivity contribution in [3.8, 4) is 0 Å². The molecule has 0 aliphatic rings. The average molecular weight is 240 g/mol. The molecule has 4 nitrogen and oxygen atoms in total. The second-order valence-corrected chi connectivity index (χ2v) is 4.65. The smallest absolute Gasteiger partial charge is 0.412 e. The lowest BCUT2D eigenvalue weighted by atomic mass is 10.2. The van der Waals surface area contributed by atoms with Crippen molar-refractivity contribution < 1.29 is 13.9 Å². The topological polar surface area (TPSA) is 64.3 Å². The number of ether oxygens (including phenoxy) is 1. The number of carbonyl (C=O) groups excluding carboxylic acids is 1. The number of carbonyl (C=O) groups is 1. The van der Waals surface area contributed by atoms with Gasteiger partial charge in [-0.25, -0.2) is 9.18 Å². The number of amides is 1. The second kappa shape index (κ2) is 5.14. The number of benzene rings is 1. The van der Waals surface area contributed by atoms with Gasteiger partial charge < -0.3 is 10.5 Å². The maximum Gasteiger partial charge on any atom is 0.412 e. The van der Waals surface area contributed by atoms with Gasteiger partial charge in [0.05, 0.1) is 5.69 Å². The summed E-state index contributed by atoms with van der Waals surface area (Å²) in [6.45, 7) is 5.49. The zero-order chi connectivity index (χ0) is 13.1. The molecule has 17 heavy (non-hydrogen) atoms. The standard InChI is InChI=1S/C12H17FN2O2/c1-12(2,3)17-11(16)15-10-6-8(7-14)4-5-9(10)13/h4-6H,7,14H2,1-3H3,(H,15,16). The Labute approximate surface area is 100.0 Å². The molecule has 0 radical (unpaired) electrons. The molecule has 1 amide bonds. The largest absolute Gasteiger partial charge is 0.444 e. The number of hydrogen-bond acceptors (Lipinski definition) is 3. The highest BCUT2D eigenvalue weighted by Gasteiger charge is 2.17. The lowest BCUT2D eigenvalue weighted by Crippen LogP contribution is -2.27. The fraction of sp³-hybridized carbons (Fsp3) is 0.417. The predicted molar refractivity (Wildman–Crippen MR) is 64.1 cm³/mol. The van der Waals surface area contributed by atoms with E-state index in [-0.39, 0.29) is 12.2 Å². The van der Waals surface area contributed by atoms with Crippen LogP contribution in [0.25, 0.3) is 0 Å². The van der Waals surface area contributed by atoms with Crippen LogP contribution < -0.4 is 11.1 Å². The first kappa shape index (κ1) is 13.4. The number of nitrogens with two attached hydrogens (primary N) is 1. The van der Waals surface area contributed by atoms with E-state index < -0.39 is 17.5 Å². The lowest BCUT2D eigenvalue weighted by molar-refractivity contribution is 0.0635. The molecule has 0 aliphatic carbocycles. The summed E-state index contributed by atoms with van der Waals surface area (Å²) in [6.07, 6.45) is -0.689. The Morgan fingerprint density at radius 3 is 2.65 bits per heavy atom. The van der Waals surface area contributed by atoms with E-state index in [0.717, 1.165) is 5.56 Å². The van der Waals surface area contributed by atoms with Crippen molar-refractivity contribution >= 4 is 11.8 Å². The molecule has 1 aromatic carbocycles. The van der Waals surface area contributed by atoms with E-state index in [1.165, 1.54) is 12.1 Å². The number of halogens is 1. The minimum Gasteiger partial charge on any atom is -0.444 e. The van der Waals surface area contributed by atoms with E-state index in [0.29, 0.717) is 0 Å². The van der Waals surface area contributed by atoms with Crippen molar-refractivity contribution in [2.24, 2.45) is 5.73 Å². The average Bonchev–Trinajstić information content (AvgIpc) is 2.18. The number of hydrogen-bond donors (Lipinski definition) is 2. The van der Waals surface area contributed by atoms with Gasteiger partial charge in [0, 0.05) is 6.54 Å². The van der Waals surface area contributed by atoms with Crippen LogP contribution in [0.5, 0.6) is 0 Å². The molecule has 94 valence electrons. The normalized spacial score (nSPS) is 11.1. The third-order valence-electron chi connectivity index (χ3n) is 1.90. The van der Waals surface area contributed by atoms with Gasteiger partial charge in [-0.15, -0.1) is 0 Å². The van der Waals surface area contributed by atoms with E-state index >= 15 is 0 Å². The molecule has 0 aliphatic heterocycles. The Morgan fingerprint density at radius 2 is 2.12 bits per heavy atom. The van der Waals surface area contributed by atoms with Crippen LogP contribution in [-0.4, -0.2) is 11.7 Å². The van der Waals surface area contributed by atoms with Crippen molar-refractivity contribution in [2.75, 3.05) is 5.32 Å². The van der Waals surface area contributed by atoms with E-state index in [4.69, 9.17) is 10.5 Å². The summed E-state index contributed by atoms with van der Waals surface area (Å²) in [6, 6.07) is 4.31. The summed E-state index contributed by atoms with van der Waals surface area (Å²) in [5.41, 5.74) is 5.62. The zero-order valence-corrected chi connectivity index (χ0v) is 10.2. The third kappa shape index (κ3) is 4.40. The molecule has 0 bridgehead atoms. The molecule has 1 aromatic rings. The van der Waals surface area contributed by atoms with Gasteiger partial charge in [0.25, 0.3) is 0 Å². The predicted octanol–water partition coefficient (Wildman–Crippen LogP) is 2.63. The van der Waals surface area contributed by atoms with Crippen LogP contribution >= 0.6 is 0 Å². The van der Waals surface area contributed by atoms with Crippen molar-refractivity contribution in [1.29, 1.82) is 0 Å². The Bertz CT molecular complexity index is 413. The van der Waals surface area contributed by atoms with Gasteiger partial charge in [-0.3, -0.25) is 5.32 Å². The summed E-state index contributed by atoms with van der Waals surface area (Å²) in [4.78, 5) is 11.4. The SMILES string of the molecule is CC(C)(C)OC(=O)Nc1cc(CN)ccc1F. The molecular formula is C12H17FN2O2. The van der Waals surface area contributed by atoms with Crippen LogP contribution in [0, 0.1) is 5.82 Å². The first-order valence-electron chi connectivity index (χ1n) is 5.30. The first-order chi connectivity index (χ1) is 7.81. The minimum absolute atomic E-state index is 0.0715. The van der Waals surface area contributed by atoms with Gasteiger partial charge in [-0.2, -0.15) is 0 Å². The summed E-state index contributed by atoms with van der Waals surface area (Å²) in [5, 5.41) is 2.35. The molecule has 5 heteroatoms. The molecule has 0 atom stereocenters. The maximum atomic E-state index is 13.4. The molecule has 0 spiro atoms. The molecule has 0 fully saturated rings. The summed E-state index contributed by atoms with van der Waals surface area (Å²) >= 11 is 0. The zero-order valence-electron chi connectivity index (χ0n) is 10.2. The molecule has 0 saturated carbocycles. The van der Waals surface area contributed by atoms with Gasteiger partial charge in [0.2, 0.25) is 0 Å². The highest BCUT2D eigenvalue weighted by molar-refractivity contribution is 5.85. The molecular weight excluding hydrogens is 223 g/mol. The van der Waals surface area contributed by atoms with Gasteiger partial charge in [-0.05, 0) is 38.5 Å². The molecule has 0 unspecified atom stereocenters. The van der Waals surface area contributed by atoms with E-state index in [1.807, 2.05) is 0 Å². The summed E-state index contributed by atoms with van der Waals surface area (Å²) in [7, 11) is 0. The fourth-order valence-corrected chi connectivity index (χ4v) is 1.21. The van der Waals surface area contributed by atoms with Crippen LogP contribution in [0.3, 0.4) is 0 Å². The first-order valence-corrected chi connectivity index (χ1v) is 5.30. The van der Waals surface area contributed by atoms with Crippen molar-refractivity contribution in [1.82, 2.24) is 0 Å². The van der Waals surface area contributed by atoms with Gasteiger partial charge >= 0.3 is 6.09 Å². The molecule has 3 N–H and O–H groups in total. The van der Waals surface area contributed by atoms with E-state index in [2.05, 4.69) is 5.32 Å². The number of nitrogens with one attached hydrogen (secondary N) is 1. The summed E-state index contributed by atoms with van der Waals surface area (Å²) in [5.74, 6) is -0.520. The van der Waals surface area contributed by atoms with E-state index in [1.54, 1.807) is 26.8 Å². The van der Waals surface area contributed by atoms with Crippen molar-refractivity contribution in [3.63, 3.8) is 0 Å². The molecule has 0 aromatic heterocycles. The Morgan fingerprint density at radius 1 is 1.47 bits per heavy atom. The Kier molecular flexibility index (Phi) is 4.07. The van der Waals surface area contributed by atoms with Crippen LogP contribution in [-0.2, 0) is 11.3 Å². The van der Waals surface area contributed by atoms with Crippen molar-refractivity contribution in [2.45, 2.75) is 32.9 Å². The molecule has 0 saturated heterocycles. The fourth-order valence-electron chi connectivity index (χ4n) is 1.21. The lowest BCUT2D eigenvalue weighted by Gasteiger charge is -2.19. The van der Waals surface area contributed by atoms with Crippen LogP contribution in [0.4, 0.5) is 14.9 Å².